The number of hydrogen-bond donors (Lipinski definition) is 0. The normalized spacial score (nSPS) is 19.0. The van der Waals surface area contributed by atoms with Crippen LogP contribution in [0.25, 0.3) is 0 Å². The standard InChI is InChI=1S/C5H5.CH3.W/c1-2-4-5-3-1;;/h1-5H;1H3;. The molecular formula is C6H8W. The second-order valence-corrected chi connectivity index (χ2v) is 5.12. The third-order valence-corrected chi connectivity index (χ3v) is 4.07. The molecule has 0 atom stereocenters. The van der Waals surface area contributed by atoms with Gasteiger partial charge in [0.25, 0.3) is 0 Å². The van der Waals surface area contributed by atoms with Crippen LogP contribution in [0.3, 0.4) is 0 Å². The third-order valence-electron chi connectivity index (χ3n) is 0.985. The predicted molar refractivity (Wildman–Crippen MR) is 27.9 cm³/mol. The molecule has 0 aromatic rings. The van der Waals surface area contributed by atoms with E-state index in [4.69, 9.17) is 0 Å². The van der Waals surface area contributed by atoms with Crippen LogP contribution in [-0.2, 0) is 18.6 Å². The Kier molecular flexibility index (Phi) is 1.87. The summed E-state index contributed by atoms with van der Waals surface area (Å²) in [6, 6.07) is 0. The van der Waals surface area contributed by atoms with Gasteiger partial charge in [0, 0.05) is 0 Å². The number of rotatable bonds is 1. The van der Waals surface area contributed by atoms with Crippen LogP contribution >= 0.6 is 0 Å². The van der Waals surface area contributed by atoms with E-state index >= 15 is 0 Å². The quantitative estimate of drug-likeness (QED) is 0.679. The van der Waals surface area contributed by atoms with Gasteiger partial charge in [-0.1, -0.05) is 0 Å². The summed E-state index contributed by atoms with van der Waals surface area (Å²) in [5.74, 6) is 0. The van der Waals surface area contributed by atoms with Crippen LogP contribution in [0.15, 0.2) is 24.3 Å². The Bertz CT molecular complexity index is 90.7. The first-order valence-corrected chi connectivity index (χ1v) is 6.94. The van der Waals surface area contributed by atoms with E-state index in [1.165, 1.54) is 0 Å². The van der Waals surface area contributed by atoms with Crippen molar-refractivity contribution in [2.75, 3.05) is 0 Å². The van der Waals surface area contributed by atoms with Crippen molar-refractivity contribution in [2.24, 2.45) is 0 Å². The Balaban J connectivity index is 2.44. The summed E-state index contributed by atoms with van der Waals surface area (Å²) in [4.78, 5) is 0. The molecule has 0 fully saturated rings. The molecule has 1 aliphatic carbocycles. The first-order valence-electron chi connectivity index (χ1n) is 2.31. The second-order valence-electron chi connectivity index (χ2n) is 1.47. The van der Waals surface area contributed by atoms with Gasteiger partial charge in [-0.05, 0) is 0 Å². The zero-order valence-corrected chi connectivity index (χ0v) is 7.23. The molecule has 0 radical (unpaired) electrons. The molecule has 0 aromatic carbocycles. The van der Waals surface area contributed by atoms with Gasteiger partial charge in [-0.3, -0.25) is 0 Å². The molecule has 0 N–H and O–H groups in total. The van der Waals surface area contributed by atoms with Gasteiger partial charge in [-0.15, -0.1) is 0 Å². The zero-order valence-electron chi connectivity index (χ0n) is 4.29. The molecule has 1 rings (SSSR count). The molecule has 0 saturated carbocycles. The molecular weight excluding hydrogens is 256 g/mol. The molecule has 0 bridgehead atoms. The molecule has 1 aliphatic rings. The van der Waals surface area contributed by atoms with E-state index in [1.807, 2.05) is 0 Å². The van der Waals surface area contributed by atoms with E-state index in [0.29, 0.717) is 0 Å². The van der Waals surface area contributed by atoms with Crippen molar-refractivity contribution >= 4 is 0 Å². The fraction of sp³-hybridized carbons (Fsp3) is 0.333. The van der Waals surface area contributed by atoms with Crippen LogP contribution in [-0.4, -0.2) is 0 Å². The fourth-order valence-corrected chi connectivity index (χ4v) is 2.35. The van der Waals surface area contributed by atoms with E-state index in [-0.39, 0.29) is 18.6 Å². The Morgan fingerprint density at radius 1 is 1.29 bits per heavy atom. The van der Waals surface area contributed by atoms with E-state index in [9.17, 15) is 0 Å². The van der Waals surface area contributed by atoms with Crippen LogP contribution in [0.2, 0.25) is 9.62 Å². The summed E-state index contributed by atoms with van der Waals surface area (Å²) in [6.45, 7) is 0. The monoisotopic (exact) mass is 264 g/mol. The van der Waals surface area contributed by atoms with Crippen molar-refractivity contribution in [1.29, 1.82) is 0 Å². The molecule has 38 valence electrons. The van der Waals surface area contributed by atoms with Crippen LogP contribution in [0.5, 0.6) is 0 Å². The molecule has 0 aliphatic heterocycles. The molecule has 0 aromatic heterocycles. The Labute approximate surface area is 52.8 Å². The summed E-state index contributed by atoms with van der Waals surface area (Å²) in [5, 5.41) is 2.37. The second kappa shape index (κ2) is 2.47. The molecule has 7 heavy (non-hydrogen) atoms. The average molecular weight is 264 g/mol. The van der Waals surface area contributed by atoms with Gasteiger partial charge in [-0.2, -0.15) is 0 Å². The van der Waals surface area contributed by atoms with Crippen LogP contribution < -0.4 is 0 Å². The fourth-order valence-electron chi connectivity index (χ4n) is 0.569. The van der Waals surface area contributed by atoms with Gasteiger partial charge in [0.15, 0.2) is 0 Å². The molecule has 0 amide bonds. The summed E-state index contributed by atoms with van der Waals surface area (Å²) >= 11 is 0.0116. The van der Waals surface area contributed by atoms with E-state index in [0.717, 1.165) is 4.31 Å². The zero-order chi connectivity index (χ0) is 5.11. The van der Waals surface area contributed by atoms with Crippen molar-refractivity contribution in [3.05, 3.63) is 24.3 Å². The van der Waals surface area contributed by atoms with E-state index in [1.54, 1.807) is 0 Å². The van der Waals surface area contributed by atoms with Crippen molar-refractivity contribution in [3.63, 3.8) is 0 Å². The SMILES string of the molecule is [CH3][W][CH]1C=CC=C1. The first kappa shape index (κ1) is 5.31. The minimum absolute atomic E-state index is 0.0116. The van der Waals surface area contributed by atoms with E-state index < -0.39 is 0 Å². The maximum absolute atomic E-state index is 2.37. The molecule has 0 spiro atoms. The van der Waals surface area contributed by atoms with Crippen molar-refractivity contribution in [1.82, 2.24) is 0 Å². The van der Waals surface area contributed by atoms with Crippen LogP contribution in [0.1, 0.15) is 0 Å². The van der Waals surface area contributed by atoms with E-state index in [2.05, 4.69) is 29.6 Å². The van der Waals surface area contributed by atoms with Gasteiger partial charge in [0.1, 0.15) is 0 Å². The Morgan fingerprint density at radius 2 is 1.86 bits per heavy atom. The molecule has 1 heteroatoms. The van der Waals surface area contributed by atoms with Gasteiger partial charge < -0.3 is 0 Å². The topological polar surface area (TPSA) is 0 Å². The summed E-state index contributed by atoms with van der Waals surface area (Å²) in [6.07, 6.45) is 8.89. The van der Waals surface area contributed by atoms with Gasteiger partial charge >= 0.3 is 52.5 Å². The van der Waals surface area contributed by atoms with Crippen molar-refractivity contribution in [3.8, 4) is 0 Å². The number of allylic oxidation sites excluding steroid dienone is 4. The summed E-state index contributed by atoms with van der Waals surface area (Å²) in [7, 11) is 0. The van der Waals surface area contributed by atoms with Crippen molar-refractivity contribution in [2.45, 2.75) is 9.62 Å². The maximum atomic E-state index is 2.37. The number of hydrogen-bond acceptors (Lipinski definition) is 0. The minimum atomic E-state index is 0.0116. The van der Waals surface area contributed by atoms with Crippen LogP contribution in [0, 0.1) is 0 Å². The van der Waals surface area contributed by atoms with Crippen LogP contribution in [0.4, 0.5) is 0 Å². The van der Waals surface area contributed by atoms with Gasteiger partial charge in [0.05, 0.1) is 0 Å². The molecule has 0 heterocycles. The summed E-state index contributed by atoms with van der Waals surface area (Å²) < 4.78 is 0.903. The van der Waals surface area contributed by atoms with Gasteiger partial charge in [0.2, 0.25) is 0 Å². The Morgan fingerprint density at radius 3 is 2.14 bits per heavy atom. The van der Waals surface area contributed by atoms with Crippen molar-refractivity contribution < 1.29 is 18.6 Å². The first-order chi connectivity index (χ1) is 3.43. The predicted octanol–water partition coefficient (Wildman–Crippen LogP) is 2.03. The van der Waals surface area contributed by atoms with Gasteiger partial charge in [-0.25, -0.2) is 0 Å². The molecule has 0 saturated heterocycles. The molecule has 0 nitrogen and oxygen atoms in total. The summed E-state index contributed by atoms with van der Waals surface area (Å²) in [5.41, 5.74) is 0. The molecule has 0 unspecified atom stereocenters. The Hall–Kier alpha value is 0.168. The third kappa shape index (κ3) is 1.27. The average Bonchev–Trinajstić information content (AvgIpc) is 2.14.